The number of nitrogens with zero attached hydrogens (tertiary/aromatic N) is 1. The summed E-state index contributed by atoms with van der Waals surface area (Å²) in [6.07, 6.45) is 1.09. The highest BCUT2D eigenvalue weighted by molar-refractivity contribution is 7.89. The lowest BCUT2D eigenvalue weighted by molar-refractivity contribution is 0.396. The van der Waals surface area contributed by atoms with Gasteiger partial charge in [-0.3, -0.25) is 0 Å². The van der Waals surface area contributed by atoms with E-state index in [9.17, 15) is 8.42 Å². The lowest BCUT2D eigenvalue weighted by Gasteiger charge is -2.19. The van der Waals surface area contributed by atoms with Gasteiger partial charge in [0.25, 0.3) is 0 Å². The SMILES string of the molecule is COc1cc(C)c(N)cc1S(=O)(=O)N(C)CC1CC1C. The van der Waals surface area contributed by atoms with E-state index in [2.05, 4.69) is 6.92 Å². The van der Waals surface area contributed by atoms with Crippen LogP contribution in [0.4, 0.5) is 5.69 Å². The molecule has 1 aromatic rings. The van der Waals surface area contributed by atoms with Crippen LogP contribution in [0.2, 0.25) is 0 Å². The van der Waals surface area contributed by atoms with Gasteiger partial charge in [0.1, 0.15) is 10.6 Å². The Morgan fingerprint density at radius 3 is 2.55 bits per heavy atom. The minimum absolute atomic E-state index is 0.138. The number of hydrogen-bond donors (Lipinski definition) is 1. The first kappa shape index (κ1) is 15.1. The topological polar surface area (TPSA) is 72.6 Å². The van der Waals surface area contributed by atoms with Gasteiger partial charge in [-0.15, -0.1) is 0 Å². The summed E-state index contributed by atoms with van der Waals surface area (Å²) >= 11 is 0. The molecule has 20 heavy (non-hydrogen) atoms. The molecule has 0 aliphatic heterocycles. The second-order valence-corrected chi connectivity index (χ2v) is 7.63. The lowest BCUT2D eigenvalue weighted by atomic mass is 10.2. The summed E-state index contributed by atoms with van der Waals surface area (Å²) < 4.78 is 31.9. The minimum Gasteiger partial charge on any atom is -0.495 e. The molecule has 0 heterocycles. The van der Waals surface area contributed by atoms with Crippen molar-refractivity contribution < 1.29 is 13.2 Å². The number of rotatable bonds is 5. The van der Waals surface area contributed by atoms with E-state index in [1.165, 1.54) is 17.5 Å². The minimum atomic E-state index is -3.57. The van der Waals surface area contributed by atoms with Crippen molar-refractivity contribution in [2.45, 2.75) is 25.2 Å². The predicted octanol–water partition coefficient (Wildman–Crippen LogP) is 1.86. The van der Waals surface area contributed by atoms with Crippen LogP contribution in [0.3, 0.4) is 0 Å². The molecule has 1 aliphatic carbocycles. The Bertz CT molecular complexity index is 613. The van der Waals surface area contributed by atoms with Gasteiger partial charge in [0, 0.05) is 19.3 Å². The first-order valence-electron chi connectivity index (χ1n) is 6.67. The smallest absolute Gasteiger partial charge is 0.246 e. The molecule has 2 atom stereocenters. The van der Waals surface area contributed by atoms with Crippen LogP contribution in [-0.4, -0.2) is 33.4 Å². The van der Waals surface area contributed by atoms with Crippen LogP contribution in [0.5, 0.6) is 5.75 Å². The van der Waals surface area contributed by atoms with E-state index >= 15 is 0 Å². The summed E-state index contributed by atoms with van der Waals surface area (Å²) in [5.41, 5.74) is 7.10. The fourth-order valence-corrected chi connectivity index (χ4v) is 3.68. The Hall–Kier alpha value is -1.27. The third-order valence-corrected chi connectivity index (χ3v) is 5.85. The number of nitrogens with two attached hydrogens (primary N) is 1. The van der Waals surface area contributed by atoms with Crippen molar-refractivity contribution in [3.8, 4) is 5.75 Å². The molecule has 0 radical (unpaired) electrons. The molecule has 0 saturated heterocycles. The lowest BCUT2D eigenvalue weighted by Crippen LogP contribution is -2.29. The molecule has 112 valence electrons. The third-order valence-electron chi connectivity index (χ3n) is 4.01. The molecule has 2 unspecified atom stereocenters. The number of anilines is 1. The molecule has 1 saturated carbocycles. The summed E-state index contributed by atoms with van der Waals surface area (Å²) in [4.78, 5) is 0.138. The Labute approximate surface area is 120 Å². The van der Waals surface area contributed by atoms with Gasteiger partial charge in [-0.1, -0.05) is 6.92 Å². The number of hydrogen-bond acceptors (Lipinski definition) is 4. The van der Waals surface area contributed by atoms with Crippen molar-refractivity contribution in [2.24, 2.45) is 11.8 Å². The molecule has 0 amide bonds. The van der Waals surface area contributed by atoms with E-state index in [-0.39, 0.29) is 4.90 Å². The average Bonchev–Trinajstić information content (AvgIpc) is 3.07. The number of aryl methyl sites for hydroxylation is 1. The van der Waals surface area contributed by atoms with E-state index in [0.29, 0.717) is 29.8 Å². The van der Waals surface area contributed by atoms with Gasteiger partial charge in [0.05, 0.1) is 7.11 Å². The molecule has 1 aromatic carbocycles. The second-order valence-electron chi connectivity index (χ2n) is 5.62. The maximum absolute atomic E-state index is 12.6. The molecule has 5 nitrogen and oxygen atoms in total. The van der Waals surface area contributed by atoms with Crippen molar-refractivity contribution in [3.05, 3.63) is 17.7 Å². The van der Waals surface area contributed by atoms with Crippen molar-refractivity contribution in [1.82, 2.24) is 4.31 Å². The molecule has 6 heteroatoms. The van der Waals surface area contributed by atoms with Crippen LogP contribution in [0.1, 0.15) is 18.9 Å². The molecule has 2 rings (SSSR count). The second kappa shape index (κ2) is 5.26. The number of sulfonamides is 1. The van der Waals surface area contributed by atoms with Gasteiger partial charge in [-0.2, -0.15) is 0 Å². The molecule has 1 fully saturated rings. The van der Waals surface area contributed by atoms with Crippen LogP contribution >= 0.6 is 0 Å². The third kappa shape index (κ3) is 2.76. The maximum atomic E-state index is 12.6. The molecular weight excluding hydrogens is 276 g/mol. The Kier molecular flexibility index (Phi) is 3.97. The highest BCUT2D eigenvalue weighted by Crippen LogP contribution is 2.39. The van der Waals surface area contributed by atoms with Gasteiger partial charge in [0.2, 0.25) is 10.0 Å². The van der Waals surface area contributed by atoms with E-state index in [4.69, 9.17) is 10.5 Å². The monoisotopic (exact) mass is 298 g/mol. The number of nitrogen functional groups attached to an aromatic ring is 1. The molecule has 1 aliphatic rings. The first-order valence-corrected chi connectivity index (χ1v) is 8.11. The van der Waals surface area contributed by atoms with Gasteiger partial charge < -0.3 is 10.5 Å². The molecule has 0 bridgehead atoms. The van der Waals surface area contributed by atoms with Gasteiger partial charge in [-0.05, 0) is 42.9 Å². The summed E-state index contributed by atoms with van der Waals surface area (Å²) in [6, 6.07) is 3.14. The van der Waals surface area contributed by atoms with Gasteiger partial charge in [0.15, 0.2) is 0 Å². The van der Waals surface area contributed by atoms with Crippen LogP contribution in [0.25, 0.3) is 0 Å². The summed E-state index contributed by atoms with van der Waals surface area (Å²) in [5, 5.41) is 0. The van der Waals surface area contributed by atoms with E-state index in [1.54, 1.807) is 13.1 Å². The van der Waals surface area contributed by atoms with E-state index in [0.717, 1.165) is 12.0 Å². The van der Waals surface area contributed by atoms with Crippen molar-refractivity contribution in [2.75, 3.05) is 26.4 Å². The summed E-state index contributed by atoms with van der Waals surface area (Å²) in [5.74, 6) is 1.41. The number of ether oxygens (including phenoxy) is 1. The quantitative estimate of drug-likeness (QED) is 0.842. The zero-order valence-electron chi connectivity index (χ0n) is 12.4. The normalized spacial score (nSPS) is 22.1. The summed E-state index contributed by atoms with van der Waals surface area (Å²) in [7, 11) is -0.499. The molecule has 0 spiro atoms. The molecule has 2 N–H and O–H groups in total. The van der Waals surface area contributed by atoms with Crippen molar-refractivity contribution >= 4 is 15.7 Å². The first-order chi connectivity index (χ1) is 9.27. The Morgan fingerprint density at radius 2 is 2.05 bits per heavy atom. The maximum Gasteiger partial charge on any atom is 0.246 e. The van der Waals surface area contributed by atoms with Gasteiger partial charge in [-0.25, -0.2) is 12.7 Å². The van der Waals surface area contributed by atoms with E-state index < -0.39 is 10.0 Å². The Morgan fingerprint density at radius 1 is 1.45 bits per heavy atom. The predicted molar refractivity (Wildman–Crippen MR) is 79.2 cm³/mol. The highest BCUT2D eigenvalue weighted by Gasteiger charge is 2.36. The number of benzene rings is 1. The van der Waals surface area contributed by atoms with Crippen LogP contribution in [0, 0.1) is 18.8 Å². The fraction of sp³-hybridized carbons (Fsp3) is 0.571. The van der Waals surface area contributed by atoms with Crippen LogP contribution in [-0.2, 0) is 10.0 Å². The molecular formula is C14H22N2O3S. The van der Waals surface area contributed by atoms with E-state index in [1.807, 2.05) is 6.92 Å². The highest BCUT2D eigenvalue weighted by atomic mass is 32.2. The van der Waals surface area contributed by atoms with Gasteiger partial charge >= 0.3 is 0 Å². The van der Waals surface area contributed by atoms with Crippen LogP contribution < -0.4 is 10.5 Å². The van der Waals surface area contributed by atoms with Crippen LogP contribution in [0.15, 0.2) is 17.0 Å². The zero-order valence-corrected chi connectivity index (χ0v) is 13.2. The largest absolute Gasteiger partial charge is 0.495 e. The molecule has 0 aromatic heterocycles. The fourth-order valence-electron chi connectivity index (χ4n) is 2.29. The van der Waals surface area contributed by atoms with Crippen molar-refractivity contribution in [3.63, 3.8) is 0 Å². The van der Waals surface area contributed by atoms with Crippen molar-refractivity contribution in [1.29, 1.82) is 0 Å². The zero-order chi connectivity index (χ0) is 15.1. The standard InChI is InChI=1S/C14H22N2O3S/c1-9-5-11(9)8-16(3)20(17,18)14-7-12(15)10(2)6-13(14)19-4/h6-7,9,11H,5,8,15H2,1-4H3. The summed E-state index contributed by atoms with van der Waals surface area (Å²) in [6.45, 7) is 4.50. The Balaban J connectivity index is 2.35. The average molecular weight is 298 g/mol. The number of methoxy groups -OCH3 is 1.